The Kier molecular flexibility index (Phi) is 3.16. The highest BCUT2D eigenvalue weighted by molar-refractivity contribution is 5.70. The van der Waals surface area contributed by atoms with Gasteiger partial charge < -0.3 is 10.3 Å². The van der Waals surface area contributed by atoms with Crippen LogP contribution in [0.2, 0.25) is 0 Å². The fourth-order valence-electron chi connectivity index (χ4n) is 2.21. The largest absolute Gasteiger partial charge is 0.381 e. The van der Waals surface area contributed by atoms with Gasteiger partial charge in [-0.05, 0) is 17.4 Å². The van der Waals surface area contributed by atoms with Crippen LogP contribution in [-0.4, -0.2) is 5.16 Å². The summed E-state index contributed by atoms with van der Waals surface area (Å²) in [6.07, 6.45) is 0.823. The molecule has 1 aromatic carbocycles. The van der Waals surface area contributed by atoms with Crippen molar-refractivity contribution in [3.05, 3.63) is 35.4 Å². The first-order valence-corrected chi connectivity index (χ1v) is 6.29. The molecule has 1 heterocycles. The summed E-state index contributed by atoms with van der Waals surface area (Å²) >= 11 is 0. The predicted molar refractivity (Wildman–Crippen MR) is 74.4 cm³/mol. The number of nitrogens with two attached hydrogens (primary N) is 1. The molecule has 2 N–H and O–H groups in total. The fourth-order valence-corrected chi connectivity index (χ4v) is 2.21. The van der Waals surface area contributed by atoms with E-state index in [-0.39, 0.29) is 5.41 Å². The number of hydrogen-bond acceptors (Lipinski definition) is 3. The summed E-state index contributed by atoms with van der Waals surface area (Å²) in [5.41, 5.74) is 9.23. The third-order valence-corrected chi connectivity index (χ3v) is 3.15. The summed E-state index contributed by atoms with van der Waals surface area (Å²) < 4.78 is 5.43. The molecule has 0 saturated heterocycles. The minimum absolute atomic E-state index is 0.0587. The van der Waals surface area contributed by atoms with Crippen molar-refractivity contribution in [1.82, 2.24) is 5.16 Å². The lowest BCUT2D eigenvalue weighted by molar-refractivity contribution is 0.433. The summed E-state index contributed by atoms with van der Waals surface area (Å²) in [4.78, 5) is 0. The van der Waals surface area contributed by atoms with Crippen molar-refractivity contribution in [2.75, 3.05) is 5.73 Å². The summed E-state index contributed by atoms with van der Waals surface area (Å²) in [7, 11) is 0. The third kappa shape index (κ3) is 2.13. The van der Waals surface area contributed by atoms with Gasteiger partial charge in [0.15, 0.2) is 11.6 Å². The Labute approximate surface area is 108 Å². The Morgan fingerprint density at radius 3 is 2.50 bits per heavy atom. The maximum atomic E-state index is 5.84. The quantitative estimate of drug-likeness (QED) is 0.874. The van der Waals surface area contributed by atoms with Gasteiger partial charge in [-0.3, -0.25) is 0 Å². The van der Waals surface area contributed by atoms with Crippen molar-refractivity contribution in [3.8, 4) is 11.3 Å². The van der Waals surface area contributed by atoms with E-state index in [1.165, 1.54) is 5.56 Å². The van der Waals surface area contributed by atoms with Gasteiger partial charge >= 0.3 is 0 Å². The number of benzene rings is 1. The zero-order valence-electron chi connectivity index (χ0n) is 11.4. The average molecular weight is 244 g/mol. The molecule has 0 aliphatic heterocycles. The number of aromatic nitrogens is 1. The minimum atomic E-state index is 0.0587. The summed E-state index contributed by atoms with van der Waals surface area (Å²) in [5.74, 6) is 1.30. The van der Waals surface area contributed by atoms with E-state index < -0.39 is 0 Å². The molecule has 0 aliphatic carbocycles. The Morgan fingerprint density at radius 1 is 1.22 bits per heavy atom. The van der Waals surface area contributed by atoms with Crippen LogP contribution in [0.5, 0.6) is 0 Å². The molecule has 2 aromatic rings. The molecule has 0 aliphatic rings. The zero-order valence-corrected chi connectivity index (χ0v) is 11.4. The number of nitrogens with zero attached hydrogens (tertiary/aromatic N) is 1. The van der Waals surface area contributed by atoms with E-state index in [1.807, 2.05) is 6.07 Å². The van der Waals surface area contributed by atoms with E-state index in [9.17, 15) is 0 Å². The first kappa shape index (κ1) is 12.7. The maximum absolute atomic E-state index is 5.84. The molecule has 0 amide bonds. The van der Waals surface area contributed by atoms with Crippen molar-refractivity contribution in [2.45, 2.75) is 39.5 Å². The predicted octanol–water partition coefficient (Wildman–Crippen LogP) is 3.78. The first-order chi connectivity index (χ1) is 8.45. The molecule has 2 rings (SSSR count). The number of hydrogen-bond donors (Lipinski definition) is 1. The molecule has 0 fully saturated rings. The smallest absolute Gasteiger partial charge is 0.172 e. The zero-order chi connectivity index (χ0) is 13.3. The molecule has 0 bridgehead atoms. The van der Waals surface area contributed by atoms with E-state index in [0.29, 0.717) is 5.82 Å². The van der Waals surface area contributed by atoms with Crippen LogP contribution in [0.15, 0.2) is 28.8 Å². The van der Waals surface area contributed by atoms with Gasteiger partial charge in [-0.1, -0.05) is 57.1 Å². The number of nitrogen functional groups attached to an aromatic ring is 1. The van der Waals surface area contributed by atoms with Gasteiger partial charge in [-0.2, -0.15) is 0 Å². The average Bonchev–Trinajstić information content (AvgIpc) is 2.69. The topological polar surface area (TPSA) is 52.0 Å². The molecule has 3 nitrogen and oxygen atoms in total. The second kappa shape index (κ2) is 4.48. The molecule has 0 saturated carbocycles. The van der Waals surface area contributed by atoms with E-state index in [1.54, 1.807) is 0 Å². The standard InChI is InChI=1S/C15H20N2O/c1-5-10-13(18-17-14(10)16)11-8-6-7-9-12(11)15(2,3)4/h6-9H,5H2,1-4H3,(H2,16,17). The highest BCUT2D eigenvalue weighted by Gasteiger charge is 2.22. The van der Waals surface area contributed by atoms with Gasteiger partial charge in [-0.25, -0.2) is 0 Å². The monoisotopic (exact) mass is 244 g/mol. The molecule has 0 unspecified atom stereocenters. The van der Waals surface area contributed by atoms with Crippen LogP contribution in [0.1, 0.15) is 38.8 Å². The molecular weight excluding hydrogens is 224 g/mol. The van der Waals surface area contributed by atoms with Crippen LogP contribution < -0.4 is 5.73 Å². The normalized spacial score (nSPS) is 11.8. The number of anilines is 1. The highest BCUT2D eigenvalue weighted by atomic mass is 16.5. The van der Waals surface area contributed by atoms with Crippen LogP contribution in [0, 0.1) is 0 Å². The molecule has 96 valence electrons. The SMILES string of the molecule is CCc1c(N)noc1-c1ccccc1C(C)(C)C. The van der Waals surface area contributed by atoms with Crippen molar-refractivity contribution in [2.24, 2.45) is 0 Å². The van der Waals surface area contributed by atoms with E-state index in [0.717, 1.165) is 23.3 Å². The van der Waals surface area contributed by atoms with Crippen LogP contribution in [0.25, 0.3) is 11.3 Å². The molecule has 0 radical (unpaired) electrons. The van der Waals surface area contributed by atoms with Gasteiger partial charge in [0, 0.05) is 11.1 Å². The van der Waals surface area contributed by atoms with Crippen LogP contribution >= 0.6 is 0 Å². The second-order valence-electron chi connectivity index (χ2n) is 5.52. The van der Waals surface area contributed by atoms with E-state index in [2.05, 4.69) is 51.1 Å². The number of rotatable bonds is 2. The Bertz CT molecular complexity index is 550. The molecule has 0 spiro atoms. The Hall–Kier alpha value is -1.77. The van der Waals surface area contributed by atoms with Gasteiger partial charge in [0.2, 0.25) is 0 Å². The first-order valence-electron chi connectivity index (χ1n) is 6.29. The molecular formula is C15H20N2O. The van der Waals surface area contributed by atoms with Gasteiger partial charge in [0.1, 0.15) is 0 Å². The Balaban J connectivity index is 2.64. The highest BCUT2D eigenvalue weighted by Crippen LogP contribution is 2.36. The molecule has 3 heteroatoms. The second-order valence-corrected chi connectivity index (χ2v) is 5.52. The van der Waals surface area contributed by atoms with E-state index in [4.69, 9.17) is 10.3 Å². The van der Waals surface area contributed by atoms with Gasteiger partial charge in [0.25, 0.3) is 0 Å². The minimum Gasteiger partial charge on any atom is -0.381 e. The lowest BCUT2D eigenvalue weighted by Crippen LogP contribution is -2.12. The van der Waals surface area contributed by atoms with Crippen molar-refractivity contribution < 1.29 is 4.52 Å². The van der Waals surface area contributed by atoms with Crippen LogP contribution in [0.3, 0.4) is 0 Å². The summed E-state index contributed by atoms with van der Waals surface area (Å²) in [6.45, 7) is 8.64. The third-order valence-electron chi connectivity index (χ3n) is 3.15. The van der Waals surface area contributed by atoms with Gasteiger partial charge in [0.05, 0.1) is 0 Å². The van der Waals surface area contributed by atoms with Crippen molar-refractivity contribution in [3.63, 3.8) is 0 Å². The van der Waals surface area contributed by atoms with Crippen molar-refractivity contribution >= 4 is 5.82 Å². The van der Waals surface area contributed by atoms with E-state index >= 15 is 0 Å². The summed E-state index contributed by atoms with van der Waals surface area (Å²) in [5, 5.41) is 3.89. The fraction of sp³-hybridized carbons (Fsp3) is 0.400. The lowest BCUT2D eigenvalue weighted by Gasteiger charge is -2.22. The van der Waals surface area contributed by atoms with Crippen LogP contribution in [-0.2, 0) is 11.8 Å². The lowest BCUT2D eigenvalue weighted by atomic mass is 9.82. The summed E-state index contributed by atoms with van der Waals surface area (Å²) in [6, 6.07) is 8.27. The maximum Gasteiger partial charge on any atom is 0.172 e. The van der Waals surface area contributed by atoms with Crippen LogP contribution in [0.4, 0.5) is 5.82 Å². The molecule has 0 atom stereocenters. The van der Waals surface area contributed by atoms with Crippen molar-refractivity contribution in [1.29, 1.82) is 0 Å². The molecule has 1 aromatic heterocycles. The molecule has 18 heavy (non-hydrogen) atoms. The Morgan fingerprint density at radius 2 is 1.89 bits per heavy atom. The van der Waals surface area contributed by atoms with Gasteiger partial charge in [-0.15, -0.1) is 0 Å².